The lowest BCUT2D eigenvalue weighted by atomic mass is 9.49. The minimum atomic E-state index is -2.02. The van der Waals surface area contributed by atoms with Crippen LogP contribution in [0.2, 0.25) is 0 Å². The molecule has 4 aliphatic rings. The summed E-state index contributed by atoms with van der Waals surface area (Å²) < 4.78 is 17.7. The second kappa shape index (κ2) is 12.5. The monoisotopic (exact) mass is 622 g/mol. The Hall–Kier alpha value is -4.26. The number of hydrogen-bond donors (Lipinski definition) is 0. The molecule has 3 aromatic carbocycles. The van der Waals surface area contributed by atoms with Crippen LogP contribution in [0.1, 0.15) is 88.5 Å². The van der Waals surface area contributed by atoms with Gasteiger partial charge in [0.05, 0.1) is 11.8 Å². The average molecular weight is 623 g/mol. The quantitative estimate of drug-likeness (QED) is 0.139. The van der Waals surface area contributed by atoms with Gasteiger partial charge >= 0.3 is 23.9 Å². The van der Waals surface area contributed by atoms with Crippen LogP contribution < -0.4 is 0 Å². The highest BCUT2D eigenvalue weighted by atomic mass is 16.6. The Kier molecular flexibility index (Phi) is 8.62. The number of benzene rings is 3. The highest BCUT2D eigenvalue weighted by Crippen LogP contribution is 2.61. The van der Waals surface area contributed by atoms with Crippen molar-refractivity contribution >= 4 is 23.9 Å². The van der Waals surface area contributed by atoms with E-state index < -0.39 is 41.0 Å². The van der Waals surface area contributed by atoms with E-state index in [1.165, 1.54) is 19.3 Å². The molecule has 0 aromatic heterocycles. The van der Waals surface area contributed by atoms with Crippen LogP contribution in [0.5, 0.6) is 0 Å². The number of esters is 4. The minimum Gasteiger partial charge on any atom is -0.442 e. The van der Waals surface area contributed by atoms with Crippen LogP contribution >= 0.6 is 0 Å². The Morgan fingerprint density at radius 1 is 0.696 bits per heavy atom. The van der Waals surface area contributed by atoms with Gasteiger partial charge in [0.2, 0.25) is 6.10 Å². The van der Waals surface area contributed by atoms with Crippen molar-refractivity contribution in [1.29, 1.82) is 0 Å². The van der Waals surface area contributed by atoms with Crippen molar-refractivity contribution < 1.29 is 33.4 Å². The van der Waals surface area contributed by atoms with Crippen LogP contribution in [0, 0.1) is 28.6 Å². The second-order valence-electron chi connectivity index (χ2n) is 14.6. The maximum absolute atomic E-state index is 14.7. The molecule has 0 N–H and O–H groups in total. The molecule has 4 saturated carbocycles. The summed E-state index contributed by atoms with van der Waals surface area (Å²) in [5.74, 6) is -1.30. The van der Waals surface area contributed by atoms with Gasteiger partial charge in [0.1, 0.15) is 0 Å². The van der Waals surface area contributed by atoms with Crippen LogP contribution in [-0.2, 0) is 39.0 Å². The Labute approximate surface area is 270 Å². The van der Waals surface area contributed by atoms with Crippen LogP contribution in [-0.4, -0.2) is 23.9 Å². The maximum atomic E-state index is 14.7. The zero-order valence-electron chi connectivity index (χ0n) is 26.8. The fraction of sp³-hybridized carbons (Fsp3) is 0.436. The molecule has 46 heavy (non-hydrogen) atoms. The van der Waals surface area contributed by atoms with Crippen LogP contribution in [0.4, 0.5) is 0 Å². The van der Waals surface area contributed by atoms with Crippen molar-refractivity contribution in [3.63, 3.8) is 0 Å². The van der Waals surface area contributed by atoms with Gasteiger partial charge in [-0.15, -0.1) is 0 Å². The molecule has 4 fully saturated rings. The summed E-state index contributed by atoms with van der Waals surface area (Å²) in [4.78, 5) is 55.2. The summed E-state index contributed by atoms with van der Waals surface area (Å²) in [6.07, 6.45) is 5.38. The van der Waals surface area contributed by atoms with Crippen molar-refractivity contribution in [1.82, 2.24) is 0 Å². The second-order valence-corrected chi connectivity index (χ2v) is 14.6. The first-order valence-corrected chi connectivity index (χ1v) is 16.3. The van der Waals surface area contributed by atoms with E-state index in [1.54, 1.807) is 99.6 Å². The molecule has 7 heteroatoms. The molecule has 7 nitrogen and oxygen atoms in total. The van der Waals surface area contributed by atoms with E-state index in [2.05, 4.69) is 0 Å². The zero-order chi connectivity index (χ0) is 32.5. The minimum absolute atomic E-state index is 0.126. The summed E-state index contributed by atoms with van der Waals surface area (Å²) in [6.45, 7) is 4.89. The molecule has 0 spiro atoms. The molecule has 0 amide bonds. The van der Waals surface area contributed by atoms with Crippen LogP contribution in [0.15, 0.2) is 91.0 Å². The predicted octanol–water partition coefficient (Wildman–Crippen LogP) is 7.48. The lowest BCUT2D eigenvalue weighted by Gasteiger charge is -2.56. The largest absolute Gasteiger partial charge is 0.442 e. The van der Waals surface area contributed by atoms with E-state index in [0.29, 0.717) is 34.4 Å². The van der Waals surface area contributed by atoms with Gasteiger partial charge in [-0.2, -0.15) is 0 Å². The lowest BCUT2D eigenvalue weighted by molar-refractivity contribution is -0.192. The average Bonchev–Trinajstić information content (AvgIpc) is 3.02. The van der Waals surface area contributed by atoms with E-state index in [4.69, 9.17) is 14.2 Å². The van der Waals surface area contributed by atoms with Gasteiger partial charge in [-0.25, -0.2) is 9.59 Å². The van der Waals surface area contributed by atoms with Crippen LogP contribution in [0.3, 0.4) is 0 Å². The molecule has 0 heterocycles. The highest BCUT2D eigenvalue weighted by molar-refractivity contribution is 5.94. The molecule has 4 bridgehead atoms. The lowest BCUT2D eigenvalue weighted by Crippen LogP contribution is -2.49. The molecule has 0 radical (unpaired) electrons. The first-order valence-electron chi connectivity index (χ1n) is 16.3. The van der Waals surface area contributed by atoms with Gasteiger partial charge in [0, 0.05) is 16.7 Å². The first kappa shape index (κ1) is 31.7. The summed E-state index contributed by atoms with van der Waals surface area (Å²) in [5.41, 5.74) is -2.03. The number of hydrogen-bond acceptors (Lipinski definition) is 7. The molecule has 0 saturated heterocycles. The zero-order valence-corrected chi connectivity index (χ0v) is 26.8. The van der Waals surface area contributed by atoms with Crippen molar-refractivity contribution in [2.45, 2.75) is 77.4 Å². The molecular weight excluding hydrogens is 580 g/mol. The van der Waals surface area contributed by atoms with Crippen molar-refractivity contribution in [2.24, 2.45) is 28.6 Å². The molecule has 4 aliphatic carbocycles. The van der Waals surface area contributed by atoms with E-state index in [1.807, 2.05) is 12.1 Å². The molecule has 240 valence electrons. The van der Waals surface area contributed by atoms with E-state index in [9.17, 15) is 19.2 Å². The predicted molar refractivity (Wildman–Crippen MR) is 171 cm³/mol. The molecule has 1 unspecified atom stereocenters. The third kappa shape index (κ3) is 6.37. The van der Waals surface area contributed by atoms with Gasteiger partial charge in [0.15, 0.2) is 0 Å². The van der Waals surface area contributed by atoms with Gasteiger partial charge in [-0.05, 0) is 82.5 Å². The molecule has 0 aliphatic heterocycles. The Morgan fingerprint density at radius 3 is 1.61 bits per heavy atom. The van der Waals surface area contributed by atoms with Gasteiger partial charge in [-0.3, -0.25) is 9.59 Å². The maximum Gasteiger partial charge on any atom is 0.361 e. The summed E-state index contributed by atoms with van der Waals surface area (Å²) in [7, 11) is 0. The topological polar surface area (TPSA) is 96.0 Å². The number of carbonyl (C=O) groups excluding carboxylic acids is 4. The summed E-state index contributed by atoms with van der Waals surface area (Å²) in [6, 6.07) is 25.9. The fourth-order valence-electron chi connectivity index (χ4n) is 8.30. The third-order valence-electron chi connectivity index (χ3n) is 9.95. The Balaban J connectivity index is 1.38. The third-order valence-corrected chi connectivity index (χ3v) is 9.95. The van der Waals surface area contributed by atoms with Crippen molar-refractivity contribution in [2.75, 3.05) is 0 Å². The molecule has 1 atom stereocenters. The van der Waals surface area contributed by atoms with Gasteiger partial charge in [-0.1, -0.05) is 91.0 Å². The number of carbonyl (C=O) groups is 4. The van der Waals surface area contributed by atoms with Gasteiger partial charge in [0.25, 0.3) is 5.60 Å². The summed E-state index contributed by atoms with van der Waals surface area (Å²) in [5, 5.41) is 0. The molecular formula is C39H42O7. The number of rotatable bonds is 9. The van der Waals surface area contributed by atoms with E-state index >= 15 is 0 Å². The van der Waals surface area contributed by atoms with Crippen molar-refractivity contribution in [3.8, 4) is 0 Å². The normalized spacial score (nSPS) is 24.1. The Morgan fingerprint density at radius 2 is 1.15 bits per heavy atom. The standard InChI is InChI=1S/C39H42O7/c1-37(2,3)35(42)45-34(41)33(29-13-7-4-8-14-29)44-36(43)39(30-15-9-5-10-16-30,31-17-11-6-12-18-31)46-32(40)25-38-22-26-19-27(23-38)21-28(20-26)24-38/h4-18,26-28,33H,19-25H2,1-3H3. The molecule has 3 aromatic rings. The van der Waals surface area contributed by atoms with Gasteiger partial charge < -0.3 is 14.2 Å². The summed E-state index contributed by atoms with van der Waals surface area (Å²) >= 11 is 0. The fourth-order valence-corrected chi connectivity index (χ4v) is 8.30. The van der Waals surface area contributed by atoms with Crippen molar-refractivity contribution in [3.05, 3.63) is 108 Å². The SMILES string of the molecule is CC(C)(C)C(=O)OC(=O)C(OC(=O)C(OC(=O)CC12CC3CC(CC(C3)C1)C2)(c1ccccc1)c1ccccc1)c1ccccc1. The van der Waals surface area contributed by atoms with Crippen LogP contribution in [0.25, 0.3) is 0 Å². The number of ether oxygens (including phenoxy) is 3. The molecule has 7 rings (SSSR count). The smallest absolute Gasteiger partial charge is 0.361 e. The Bertz CT molecular complexity index is 1500. The highest BCUT2D eigenvalue weighted by Gasteiger charge is 2.54. The first-order chi connectivity index (χ1) is 22.0. The van der Waals surface area contributed by atoms with E-state index in [-0.39, 0.29) is 11.8 Å². The van der Waals surface area contributed by atoms with E-state index in [0.717, 1.165) is 19.3 Å².